The summed E-state index contributed by atoms with van der Waals surface area (Å²) in [5.41, 5.74) is 0.837. The van der Waals surface area contributed by atoms with Crippen LogP contribution in [0.25, 0.3) is 0 Å². The van der Waals surface area contributed by atoms with Gasteiger partial charge in [0.15, 0.2) is 5.16 Å². The largest absolute Gasteiger partial charge is 0.325 e. The van der Waals surface area contributed by atoms with E-state index < -0.39 is 0 Å². The molecule has 1 aliphatic rings. The standard InChI is InChI=1S/C17H21N3OS/c21-16(19-14-7-3-1-4-8-14)13-22-17-18-11-12-20(17)15-9-5-2-6-10-15/h1,3-4,7-8,11-12,15H,2,5-6,9-10,13H2,(H,19,21). The van der Waals surface area contributed by atoms with E-state index in [1.165, 1.54) is 43.9 Å². The molecule has 22 heavy (non-hydrogen) atoms. The lowest BCUT2D eigenvalue weighted by Crippen LogP contribution is -2.16. The molecule has 1 aromatic carbocycles. The SMILES string of the molecule is O=C(CSc1nccn1C1CCCCC1)Nc1ccccc1. The molecule has 1 N–H and O–H groups in total. The summed E-state index contributed by atoms with van der Waals surface area (Å²) in [6, 6.07) is 10.1. The third-order valence-electron chi connectivity index (χ3n) is 3.99. The van der Waals surface area contributed by atoms with Gasteiger partial charge in [0.05, 0.1) is 5.75 Å². The normalized spacial score (nSPS) is 15.6. The summed E-state index contributed by atoms with van der Waals surface area (Å²) >= 11 is 1.51. The summed E-state index contributed by atoms with van der Waals surface area (Å²) in [6.07, 6.45) is 10.3. The number of nitrogens with zero attached hydrogens (tertiary/aromatic N) is 2. The fraction of sp³-hybridized carbons (Fsp3) is 0.412. The molecule has 1 aromatic heterocycles. The molecule has 0 atom stereocenters. The minimum absolute atomic E-state index is 0.00870. The molecular formula is C17H21N3OS. The van der Waals surface area contributed by atoms with Gasteiger partial charge in [-0.05, 0) is 25.0 Å². The van der Waals surface area contributed by atoms with Gasteiger partial charge in [0.1, 0.15) is 0 Å². The van der Waals surface area contributed by atoms with E-state index in [0.717, 1.165) is 10.8 Å². The van der Waals surface area contributed by atoms with Gasteiger partial charge in [-0.25, -0.2) is 4.98 Å². The molecule has 116 valence electrons. The summed E-state index contributed by atoms with van der Waals surface area (Å²) in [5, 5.41) is 3.86. The fourth-order valence-corrected chi connectivity index (χ4v) is 3.72. The number of imidazole rings is 1. The lowest BCUT2D eigenvalue weighted by atomic mass is 9.95. The Morgan fingerprint density at radius 2 is 2.00 bits per heavy atom. The third kappa shape index (κ3) is 3.91. The van der Waals surface area contributed by atoms with Crippen molar-refractivity contribution in [1.82, 2.24) is 9.55 Å². The second-order valence-electron chi connectivity index (χ2n) is 5.61. The Bertz CT molecular complexity index is 605. The highest BCUT2D eigenvalue weighted by Gasteiger charge is 2.18. The number of para-hydroxylation sites is 1. The van der Waals surface area contributed by atoms with Crippen LogP contribution in [0.1, 0.15) is 38.1 Å². The quantitative estimate of drug-likeness (QED) is 0.844. The molecule has 3 rings (SSSR count). The van der Waals surface area contributed by atoms with Gasteiger partial charge in [0.25, 0.3) is 0 Å². The number of thioether (sulfide) groups is 1. The number of benzene rings is 1. The molecule has 0 saturated heterocycles. The first-order valence-corrected chi connectivity index (χ1v) is 8.82. The number of rotatable bonds is 5. The summed E-state index contributed by atoms with van der Waals surface area (Å²) in [5.74, 6) is 0.396. The van der Waals surface area contributed by atoms with E-state index in [-0.39, 0.29) is 5.91 Å². The van der Waals surface area contributed by atoms with Crippen LogP contribution in [-0.2, 0) is 4.79 Å². The van der Waals surface area contributed by atoms with Gasteiger partial charge in [0, 0.05) is 24.1 Å². The molecule has 1 aliphatic carbocycles. The van der Waals surface area contributed by atoms with Gasteiger partial charge in [-0.1, -0.05) is 49.2 Å². The zero-order valence-electron chi connectivity index (χ0n) is 12.6. The second-order valence-corrected chi connectivity index (χ2v) is 6.55. The molecule has 0 spiro atoms. The van der Waals surface area contributed by atoms with Crippen LogP contribution in [0.4, 0.5) is 5.69 Å². The van der Waals surface area contributed by atoms with Crippen molar-refractivity contribution in [2.75, 3.05) is 11.1 Å². The van der Waals surface area contributed by atoms with Crippen LogP contribution in [0.5, 0.6) is 0 Å². The van der Waals surface area contributed by atoms with E-state index in [4.69, 9.17) is 0 Å². The van der Waals surface area contributed by atoms with Crippen LogP contribution in [-0.4, -0.2) is 21.2 Å². The third-order valence-corrected chi connectivity index (χ3v) is 4.97. The maximum absolute atomic E-state index is 12.0. The number of carbonyl (C=O) groups excluding carboxylic acids is 1. The Kier molecular flexibility index (Phi) is 5.16. The Labute approximate surface area is 135 Å². The minimum atomic E-state index is 0.00870. The van der Waals surface area contributed by atoms with Gasteiger partial charge in [-0.2, -0.15) is 0 Å². The highest BCUT2D eigenvalue weighted by molar-refractivity contribution is 7.99. The maximum Gasteiger partial charge on any atom is 0.234 e. The Balaban J connectivity index is 1.55. The Morgan fingerprint density at radius 3 is 2.77 bits per heavy atom. The number of aromatic nitrogens is 2. The predicted octanol–water partition coefficient (Wildman–Crippen LogP) is 4.12. The van der Waals surface area contributed by atoms with E-state index in [0.29, 0.717) is 11.8 Å². The number of hydrogen-bond acceptors (Lipinski definition) is 3. The number of anilines is 1. The molecule has 2 aromatic rings. The van der Waals surface area contributed by atoms with Crippen molar-refractivity contribution in [3.8, 4) is 0 Å². The summed E-state index contributed by atoms with van der Waals surface area (Å²) in [4.78, 5) is 16.4. The van der Waals surface area contributed by atoms with Crippen molar-refractivity contribution < 1.29 is 4.79 Å². The molecular weight excluding hydrogens is 294 g/mol. The molecule has 0 aliphatic heterocycles. The van der Waals surface area contributed by atoms with Crippen molar-refractivity contribution in [3.05, 3.63) is 42.7 Å². The van der Waals surface area contributed by atoms with Crippen molar-refractivity contribution >= 4 is 23.4 Å². The van der Waals surface area contributed by atoms with Crippen LogP contribution in [0, 0.1) is 0 Å². The van der Waals surface area contributed by atoms with Crippen molar-refractivity contribution in [2.24, 2.45) is 0 Å². The van der Waals surface area contributed by atoms with E-state index in [1.807, 2.05) is 42.7 Å². The zero-order valence-corrected chi connectivity index (χ0v) is 13.4. The highest BCUT2D eigenvalue weighted by Crippen LogP contribution is 2.31. The van der Waals surface area contributed by atoms with E-state index in [9.17, 15) is 4.79 Å². The topological polar surface area (TPSA) is 46.9 Å². The molecule has 4 nitrogen and oxygen atoms in total. The molecule has 5 heteroatoms. The van der Waals surface area contributed by atoms with Gasteiger partial charge in [-0.3, -0.25) is 4.79 Å². The maximum atomic E-state index is 12.0. The molecule has 1 amide bonds. The molecule has 0 bridgehead atoms. The fourth-order valence-electron chi connectivity index (χ4n) is 2.90. The van der Waals surface area contributed by atoms with E-state index in [1.54, 1.807) is 0 Å². The van der Waals surface area contributed by atoms with Crippen molar-refractivity contribution in [1.29, 1.82) is 0 Å². The van der Waals surface area contributed by atoms with Crippen molar-refractivity contribution in [2.45, 2.75) is 43.3 Å². The highest BCUT2D eigenvalue weighted by atomic mass is 32.2. The number of carbonyl (C=O) groups is 1. The van der Waals surface area contributed by atoms with E-state index >= 15 is 0 Å². The van der Waals surface area contributed by atoms with Gasteiger partial charge >= 0.3 is 0 Å². The first-order chi connectivity index (χ1) is 10.8. The summed E-state index contributed by atoms with van der Waals surface area (Å²) < 4.78 is 2.25. The summed E-state index contributed by atoms with van der Waals surface area (Å²) in [7, 11) is 0. The van der Waals surface area contributed by atoms with Crippen LogP contribution in [0.15, 0.2) is 47.9 Å². The van der Waals surface area contributed by atoms with Crippen LogP contribution >= 0.6 is 11.8 Å². The molecule has 1 saturated carbocycles. The average molecular weight is 315 g/mol. The van der Waals surface area contributed by atoms with Gasteiger partial charge in [-0.15, -0.1) is 0 Å². The zero-order chi connectivity index (χ0) is 15.2. The second kappa shape index (κ2) is 7.49. The van der Waals surface area contributed by atoms with Crippen LogP contribution in [0.2, 0.25) is 0 Å². The van der Waals surface area contributed by atoms with Crippen LogP contribution < -0.4 is 5.32 Å². The first kappa shape index (κ1) is 15.2. The molecule has 0 unspecified atom stereocenters. The van der Waals surface area contributed by atoms with Crippen molar-refractivity contribution in [3.63, 3.8) is 0 Å². The number of amides is 1. The number of hydrogen-bond donors (Lipinski definition) is 1. The van der Waals surface area contributed by atoms with Gasteiger partial charge < -0.3 is 9.88 Å². The molecule has 1 heterocycles. The average Bonchev–Trinajstić information content (AvgIpc) is 3.03. The molecule has 1 fully saturated rings. The smallest absolute Gasteiger partial charge is 0.234 e. The first-order valence-electron chi connectivity index (χ1n) is 7.83. The number of nitrogens with one attached hydrogen (secondary N) is 1. The van der Waals surface area contributed by atoms with E-state index in [2.05, 4.69) is 14.9 Å². The predicted molar refractivity (Wildman–Crippen MR) is 90.1 cm³/mol. The minimum Gasteiger partial charge on any atom is -0.325 e. The molecule has 0 radical (unpaired) electrons. The lowest BCUT2D eigenvalue weighted by Gasteiger charge is -2.24. The monoisotopic (exact) mass is 315 g/mol. The Morgan fingerprint density at radius 1 is 1.23 bits per heavy atom. The Hall–Kier alpha value is -1.75. The van der Waals surface area contributed by atoms with Gasteiger partial charge in [0.2, 0.25) is 5.91 Å². The summed E-state index contributed by atoms with van der Waals surface area (Å²) in [6.45, 7) is 0. The lowest BCUT2D eigenvalue weighted by molar-refractivity contribution is -0.113. The van der Waals surface area contributed by atoms with Crippen LogP contribution in [0.3, 0.4) is 0 Å².